The van der Waals surface area contributed by atoms with Crippen molar-refractivity contribution in [3.8, 4) is 0 Å². The normalized spacial score (nSPS) is 21.9. The van der Waals surface area contributed by atoms with E-state index in [9.17, 15) is 8.42 Å². The highest BCUT2D eigenvalue weighted by molar-refractivity contribution is 7.89. The molecule has 0 radical (unpaired) electrons. The predicted octanol–water partition coefficient (Wildman–Crippen LogP) is 2.83. The molecule has 0 unspecified atom stereocenters. The van der Waals surface area contributed by atoms with E-state index in [1.54, 1.807) is 34.6 Å². The molecule has 0 spiro atoms. The third kappa shape index (κ3) is 4.78. The van der Waals surface area contributed by atoms with Gasteiger partial charge in [0, 0.05) is 25.3 Å². The number of nitrogens with one attached hydrogen (secondary N) is 2. The molecule has 1 fully saturated rings. The molecule has 1 heterocycles. The third-order valence-electron chi connectivity index (χ3n) is 3.99. The van der Waals surface area contributed by atoms with Gasteiger partial charge >= 0.3 is 0 Å². The van der Waals surface area contributed by atoms with Gasteiger partial charge in [0.15, 0.2) is 5.11 Å². The van der Waals surface area contributed by atoms with Gasteiger partial charge in [0.25, 0.3) is 0 Å². The lowest BCUT2D eigenvalue weighted by Gasteiger charge is -2.34. The summed E-state index contributed by atoms with van der Waals surface area (Å²) in [5.41, 5.74) is 0.746. The van der Waals surface area contributed by atoms with Gasteiger partial charge < -0.3 is 10.6 Å². The van der Waals surface area contributed by atoms with E-state index in [1.165, 1.54) is 0 Å². The molecule has 132 valence electrons. The van der Waals surface area contributed by atoms with Crippen LogP contribution in [0.3, 0.4) is 0 Å². The molecule has 2 rings (SSSR count). The maximum atomic E-state index is 12.8. The zero-order chi connectivity index (χ0) is 17.7. The monoisotopic (exact) mass is 367 g/mol. The van der Waals surface area contributed by atoms with Crippen molar-refractivity contribution in [3.63, 3.8) is 0 Å². The lowest BCUT2D eigenvalue weighted by atomic mass is 9.94. The second-order valence-electron chi connectivity index (χ2n) is 6.42. The highest BCUT2D eigenvalue weighted by atomic mass is 32.2. The molecule has 2 atom stereocenters. The lowest BCUT2D eigenvalue weighted by Crippen LogP contribution is -2.42. The van der Waals surface area contributed by atoms with Crippen LogP contribution in [0.1, 0.15) is 20.3 Å². The molecular formula is C17H25N3O2S2. The first-order valence-electron chi connectivity index (χ1n) is 8.09. The smallest absolute Gasteiger partial charge is 0.243 e. The van der Waals surface area contributed by atoms with E-state index in [4.69, 9.17) is 12.2 Å². The van der Waals surface area contributed by atoms with E-state index < -0.39 is 10.0 Å². The fraction of sp³-hybridized carbons (Fsp3) is 0.471. The Morgan fingerprint density at radius 2 is 1.88 bits per heavy atom. The van der Waals surface area contributed by atoms with Crippen LogP contribution in [-0.2, 0) is 10.0 Å². The highest BCUT2D eigenvalue weighted by Gasteiger charge is 2.31. The predicted molar refractivity (Wildman–Crippen MR) is 103 cm³/mol. The van der Waals surface area contributed by atoms with Crippen LogP contribution in [-0.4, -0.2) is 37.5 Å². The Bertz CT molecular complexity index is 676. The molecule has 7 heteroatoms. The van der Waals surface area contributed by atoms with Crippen molar-refractivity contribution in [2.75, 3.05) is 25.0 Å². The molecule has 0 bridgehead atoms. The summed E-state index contributed by atoms with van der Waals surface area (Å²) in [7, 11) is -3.44. The van der Waals surface area contributed by atoms with Crippen molar-refractivity contribution in [2.45, 2.75) is 25.2 Å². The Kier molecular flexibility index (Phi) is 6.37. The van der Waals surface area contributed by atoms with E-state index in [0.717, 1.165) is 12.1 Å². The molecule has 0 aromatic heterocycles. The maximum Gasteiger partial charge on any atom is 0.243 e. The minimum atomic E-state index is -3.44. The Hall–Kier alpha value is -1.44. The quantitative estimate of drug-likeness (QED) is 0.619. The van der Waals surface area contributed by atoms with Crippen molar-refractivity contribution in [1.82, 2.24) is 9.62 Å². The molecule has 0 amide bonds. The van der Waals surface area contributed by atoms with Gasteiger partial charge in [0.2, 0.25) is 10.0 Å². The summed E-state index contributed by atoms with van der Waals surface area (Å²) in [4.78, 5) is 0.319. The van der Waals surface area contributed by atoms with Crippen molar-refractivity contribution >= 4 is 33.0 Å². The summed E-state index contributed by atoms with van der Waals surface area (Å²) < 4.78 is 27.2. The maximum absolute atomic E-state index is 12.8. The average Bonchev–Trinajstić information content (AvgIpc) is 2.52. The number of anilines is 1. The standard InChI is InChI=1S/C17H25N3O2S2/c1-4-9-18-17(23)19-15-5-7-16(8-6-15)24(21,22)20-11-13(2)10-14(3)12-20/h4-8,13-14H,1,9-12H2,2-3H3,(H2,18,19,23)/t13-,14-/m1/s1. The molecule has 5 nitrogen and oxygen atoms in total. The first-order valence-corrected chi connectivity index (χ1v) is 9.93. The number of hydrogen-bond acceptors (Lipinski definition) is 3. The number of benzene rings is 1. The summed E-state index contributed by atoms with van der Waals surface area (Å²) in [6.45, 7) is 9.56. The van der Waals surface area contributed by atoms with Crippen LogP contribution >= 0.6 is 12.2 Å². The van der Waals surface area contributed by atoms with Crippen molar-refractivity contribution in [3.05, 3.63) is 36.9 Å². The summed E-state index contributed by atoms with van der Waals surface area (Å²) in [5.74, 6) is 0.774. The Morgan fingerprint density at radius 3 is 2.42 bits per heavy atom. The van der Waals surface area contributed by atoms with Crippen molar-refractivity contribution < 1.29 is 8.42 Å². The first-order chi connectivity index (χ1) is 11.3. The van der Waals surface area contributed by atoms with Crippen molar-refractivity contribution in [1.29, 1.82) is 0 Å². The minimum Gasteiger partial charge on any atom is -0.359 e. The van der Waals surface area contributed by atoms with E-state index >= 15 is 0 Å². The Morgan fingerprint density at radius 1 is 1.29 bits per heavy atom. The van der Waals surface area contributed by atoms with Crippen LogP contribution in [0, 0.1) is 11.8 Å². The first kappa shape index (κ1) is 18.9. The Balaban J connectivity index is 2.08. The molecule has 0 saturated carbocycles. The number of hydrogen-bond donors (Lipinski definition) is 2. The second-order valence-corrected chi connectivity index (χ2v) is 8.76. The van der Waals surface area contributed by atoms with Gasteiger partial charge in [-0.2, -0.15) is 4.31 Å². The molecule has 1 aromatic rings. The van der Waals surface area contributed by atoms with Gasteiger partial charge in [-0.15, -0.1) is 6.58 Å². The summed E-state index contributed by atoms with van der Waals surface area (Å²) >= 11 is 5.14. The number of rotatable bonds is 5. The molecule has 1 aromatic carbocycles. The number of nitrogens with zero attached hydrogens (tertiary/aromatic N) is 1. The lowest BCUT2D eigenvalue weighted by molar-refractivity contribution is 0.222. The fourth-order valence-corrected chi connectivity index (χ4v) is 4.88. The number of sulfonamides is 1. The van der Waals surface area contributed by atoms with Crippen LogP contribution in [0.2, 0.25) is 0 Å². The van der Waals surface area contributed by atoms with Crippen molar-refractivity contribution in [2.24, 2.45) is 11.8 Å². The zero-order valence-electron chi connectivity index (χ0n) is 14.2. The number of piperidine rings is 1. The van der Waals surface area contributed by atoms with Crippen LogP contribution < -0.4 is 10.6 Å². The van der Waals surface area contributed by atoms with Crippen LogP contribution in [0.15, 0.2) is 41.8 Å². The zero-order valence-corrected chi connectivity index (χ0v) is 15.8. The van der Waals surface area contributed by atoms with Crippen LogP contribution in [0.4, 0.5) is 5.69 Å². The van der Waals surface area contributed by atoms with E-state index in [2.05, 4.69) is 31.1 Å². The third-order valence-corrected chi connectivity index (χ3v) is 6.08. The Labute approximate surface area is 150 Å². The average molecular weight is 368 g/mol. The van der Waals surface area contributed by atoms with E-state index in [0.29, 0.717) is 41.5 Å². The van der Waals surface area contributed by atoms with Gasteiger partial charge in [-0.3, -0.25) is 0 Å². The summed E-state index contributed by atoms with van der Waals surface area (Å²) in [6, 6.07) is 6.70. The van der Waals surface area contributed by atoms with Gasteiger partial charge in [-0.1, -0.05) is 19.9 Å². The molecule has 1 aliphatic heterocycles. The van der Waals surface area contributed by atoms with Gasteiger partial charge in [0.05, 0.1) is 4.90 Å². The molecular weight excluding hydrogens is 342 g/mol. The molecule has 1 saturated heterocycles. The highest BCUT2D eigenvalue weighted by Crippen LogP contribution is 2.27. The van der Waals surface area contributed by atoms with Crippen LogP contribution in [0.25, 0.3) is 0 Å². The van der Waals surface area contributed by atoms with E-state index in [1.807, 2.05) is 0 Å². The molecule has 1 aliphatic rings. The van der Waals surface area contributed by atoms with E-state index in [-0.39, 0.29) is 0 Å². The van der Waals surface area contributed by atoms with Gasteiger partial charge in [-0.25, -0.2) is 8.42 Å². The SMILES string of the molecule is C=CCNC(=S)Nc1ccc(S(=O)(=O)N2C[C@H](C)C[C@@H](C)C2)cc1. The molecule has 24 heavy (non-hydrogen) atoms. The fourth-order valence-electron chi connectivity index (χ4n) is 3.00. The van der Waals surface area contributed by atoms with Gasteiger partial charge in [-0.05, 0) is 54.7 Å². The topological polar surface area (TPSA) is 61.4 Å². The minimum absolute atomic E-state index is 0.319. The summed E-state index contributed by atoms with van der Waals surface area (Å²) in [5, 5.41) is 6.45. The second kappa shape index (κ2) is 8.09. The molecule has 2 N–H and O–H groups in total. The summed E-state index contributed by atoms with van der Waals surface area (Å²) in [6.07, 6.45) is 2.79. The largest absolute Gasteiger partial charge is 0.359 e. The number of thiocarbonyl (C=S) groups is 1. The van der Waals surface area contributed by atoms with Gasteiger partial charge in [0.1, 0.15) is 0 Å². The molecule has 0 aliphatic carbocycles. The van der Waals surface area contributed by atoms with Crippen LogP contribution in [0.5, 0.6) is 0 Å².